The van der Waals surface area contributed by atoms with Gasteiger partial charge in [0.2, 0.25) is 0 Å². The highest BCUT2D eigenvalue weighted by atomic mass is 16.5. The van der Waals surface area contributed by atoms with E-state index in [0.29, 0.717) is 19.1 Å². The number of likely N-dealkylation sites (tertiary alicyclic amines) is 1. The molecule has 2 aromatic rings. The van der Waals surface area contributed by atoms with Crippen molar-refractivity contribution in [1.82, 2.24) is 20.4 Å². The average Bonchev–Trinajstić information content (AvgIpc) is 3.21. The Kier molecular flexibility index (Phi) is 4.59. The highest BCUT2D eigenvalue weighted by Crippen LogP contribution is 2.33. The number of nitrogens with one attached hydrogen (secondary N) is 2. The van der Waals surface area contributed by atoms with Crippen molar-refractivity contribution in [3.05, 3.63) is 47.8 Å². The zero-order valence-electron chi connectivity index (χ0n) is 14.3. The monoisotopic (exact) mass is 340 g/mol. The van der Waals surface area contributed by atoms with Gasteiger partial charge >= 0.3 is 6.03 Å². The van der Waals surface area contributed by atoms with E-state index in [2.05, 4.69) is 21.6 Å². The summed E-state index contributed by atoms with van der Waals surface area (Å²) in [6.07, 6.45) is 7.85. The molecule has 2 N–H and O–H groups in total. The fourth-order valence-electron chi connectivity index (χ4n) is 3.90. The molecule has 1 aromatic carbocycles. The summed E-state index contributed by atoms with van der Waals surface area (Å²) in [4.78, 5) is 14.8. The SMILES string of the molecule is O=C(NC[C@H]1CCOc2ccccc21)N1CCCC[C@H]1c1cn[nH]c1. The lowest BCUT2D eigenvalue weighted by molar-refractivity contribution is 0.150. The third-order valence-corrected chi connectivity index (χ3v) is 5.25. The van der Waals surface area contributed by atoms with Crippen molar-refractivity contribution in [2.45, 2.75) is 37.6 Å². The normalized spacial score (nSPS) is 22.8. The molecule has 0 aliphatic carbocycles. The summed E-state index contributed by atoms with van der Waals surface area (Å²) in [6, 6.07) is 8.26. The Morgan fingerprint density at radius 3 is 3.12 bits per heavy atom. The Morgan fingerprint density at radius 1 is 1.32 bits per heavy atom. The summed E-state index contributed by atoms with van der Waals surface area (Å²) >= 11 is 0. The number of H-pyrrole nitrogens is 1. The predicted octanol–water partition coefficient (Wildman–Crippen LogP) is 3.21. The number of carbonyl (C=O) groups excluding carboxylic acids is 1. The van der Waals surface area contributed by atoms with E-state index in [1.165, 1.54) is 5.56 Å². The molecule has 1 aromatic heterocycles. The van der Waals surface area contributed by atoms with Crippen LogP contribution in [-0.2, 0) is 0 Å². The van der Waals surface area contributed by atoms with Crippen molar-refractivity contribution < 1.29 is 9.53 Å². The van der Waals surface area contributed by atoms with Crippen LogP contribution in [-0.4, -0.2) is 40.8 Å². The Hall–Kier alpha value is -2.50. The Morgan fingerprint density at radius 2 is 2.24 bits per heavy atom. The molecule has 25 heavy (non-hydrogen) atoms. The molecule has 1 fully saturated rings. The fraction of sp³-hybridized carbons (Fsp3) is 0.474. The van der Waals surface area contributed by atoms with Crippen LogP contribution in [0.2, 0.25) is 0 Å². The molecule has 1 saturated heterocycles. The van der Waals surface area contributed by atoms with Gasteiger partial charge in [-0.05, 0) is 37.3 Å². The van der Waals surface area contributed by atoms with Crippen LogP contribution in [0.5, 0.6) is 5.75 Å². The van der Waals surface area contributed by atoms with Crippen molar-refractivity contribution >= 4 is 6.03 Å². The lowest BCUT2D eigenvalue weighted by Gasteiger charge is -2.36. The highest BCUT2D eigenvalue weighted by molar-refractivity contribution is 5.75. The number of rotatable bonds is 3. The van der Waals surface area contributed by atoms with Gasteiger partial charge in [-0.1, -0.05) is 18.2 Å². The second-order valence-electron chi connectivity index (χ2n) is 6.79. The minimum Gasteiger partial charge on any atom is -0.493 e. The molecular weight excluding hydrogens is 316 g/mol. The number of urea groups is 1. The van der Waals surface area contributed by atoms with Crippen LogP contribution < -0.4 is 10.1 Å². The maximum Gasteiger partial charge on any atom is 0.317 e. The average molecular weight is 340 g/mol. The topological polar surface area (TPSA) is 70.2 Å². The number of aromatic amines is 1. The van der Waals surface area contributed by atoms with Crippen molar-refractivity contribution in [3.63, 3.8) is 0 Å². The van der Waals surface area contributed by atoms with Gasteiger partial charge in [-0.2, -0.15) is 5.10 Å². The third-order valence-electron chi connectivity index (χ3n) is 5.25. The van der Waals surface area contributed by atoms with E-state index in [1.807, 2.05) is 35.5 Å². The summed E-state index contributed by atoms with van der Waals surface area (Å²) in [5.74, 6) is 1.26. The number of carbonyl (C=O) groups is 1. The van der Waals surface area contributed by atoms with Crippen molar-refractivity contribution in [1.29, 1.82) is 0 Å². The van der Waals surface area contributed by atoms with Gasteiger partial charge in [0.1, 0.15) is 5.75 Å². The number of nitrogens with zero attached hydrogens (tertiary/aromatic N) is 2. The van der Waals surface area contributed by atoms with E-state index in [1.54, 1.807) is 0 Å². The molecule has 0 radical (unpaired) electrons. The number of hydrogen-bond donors (Lipinski definition) is 2. The molecule has 2 atom stereocenters. The van der Waals surface area contributed by atoms with Crippen molar-refractivity contribution in [3.8, 4) is 5.75 Å². The molecule has 3 heterocycles. The summed E-state index contributed by atoms with van der Waals surface area (Å²) in [7, 11) is 0. The molecule has 0 saturated carbocycles. The van der Waals surface area contributed by atoms with Gasteiger partial charge in [0.15, 0.2) is 0 Å². The molecule has 2 aliphatic heterocycles. The van der Waals surface area contributed by atoms with E-state index in [-0.39, 0.29) is 12.1 Å². The molecule has 0 unspecified atom stereocenters. The maximum absolute atomic E-state index is 12.8. The number of piperidine rings is 1. The van der Waals surface area contributed by atoms with E-state index in [4.69, 9.17) is 4.74 Å². The molecule has 6 heteroatoms. The Bertz CT molecular complexity index is 716. The van der Waals surface area contributed by atoms with Crippen LogP contribution in [0.25, 0.3) is 0 Å². The molecule has 2 aliphatic rings. The van der Waals surface area contributed by atoms with Gasteiger partial charge in [-0.3, -0.25) is 5.10 Å². The second kappa shape index (κ2) is 7.17. The first-order chi connectivity index (χ1) is 12.3. The minimum absolute atomic E-state index is 0.0230. The smallest absolute Gasteiger partial charge is 0.317 e. The van der Waals surface area contributed by atoms with Gasteiger partial charge in [0, 0.05) is 30.8 Å². The maximum atomic E-state index is 12.8. The largest absolute Gasteiger partial charge is 0.493 e. The first kappa shape index (κ1) is 16.0. The predicted molar refractivity (Wildman–Crippen MR) is 94.6 cm³/mol. The third kappa shape index (κ3) is 3.34. The summed E-state index contributed by atoms with van der Waals surface area (Å²) in [5, 5.41) is 10.1. The van der Waals surface area contributed by atoms with Gasteiger partial charge in [0.25, 0.3) is 0 Å². The van der Waals surface area contributed by atoms with E-state index < -0.39 is 0 Å². The lowest BCUT2D eigenvalue weighted by atomic mass is 9.93. The number of ether oxygens (including phenoxy) is 1. The van der Waals surface area contributed by atoms with Crippen molar-refractivity contribution in [2.75, 3.05) is 19.7 Å². The molecule has 132 valence electrons. The number of para-hydroxylation sites is 1. The minimum atomic E-state index is 0.0230. The molecular formula is C19H24N4O2. The Balaban J connectivity index is 1.42. The number of amides is 2. The van der Waals surface area contributed by atoms with Gasteiger partial charge in [0.05, 0.1) is 18.8 Å². The Labute approximate surface area is 147 Å². The fourth-order valence-corrected chi connectivity index (χ4v) is 3.90. The quantitative estimate of drug-likeness (QED) is 0.901. The molecule has 0 bridgehead atoms. The van der Waals surface area contributed by atoms with Crippen LogP contribution >= 0.6 is 0 Å². The number of aromatic nitrogens is 2. The van der Waals surface area contributed by atoms with E-state index in [0.717, 1.165) is 43.5 Å². The van der Waals surface area contributed by atoms with Crippen LogP contribution in [0.4, 0.5) is 4.79 Å². The van der Waals surface area contributed by atoms with Gasteiger partial charge in [-0.25, -0.2) is 4.79 Å². The number of hydrogen-bond acceptors (Lipinski definition) is 3. The first-order valence-electron chi connectivity index (χ1n) is 9.08. The number of fused-ring (bicyclic) bond motifs is 1. The molecule has 2 amide bonds. The van der Waals surface area contributed by atoms with Crippen LogP contribution in [0.3, 0.4) is 0 Å². The molecule has 6 nitrogen and oxygen atoms in total. The van der Waals surface area contributed by atoms with Gasteiger partial charge in [-0.15, -0.1) is 0 Å². The van der Waals surface area contributed by atoms with Crippen molar-refractivity contribution in [2.24, 2.45) is 0 Å². The van der Waals surface area contributed by atoms with Gasteiger partial charge < -0.3 is 15.0 Å². The summed E-state index contributed by atoms with van der Waals surface area (Å²) in [6.45, 7) is 2.15. The lowest BCUT2D eigenvalue weighted by Crippen LogP contribution is -2.45. The summed E-state index contributed by atoms with van der Waals surface area (Å²) < 4.78 is 5.71. The zero-order chi connectivity index (χ0) is 17.1. The standard InChI is InChI=1S/C19H24N4O2/c24-19(23-9-4-3-6-17(23)15-12-21-22-13-15)20-11-14-8-10-25-18-7-2-1-5-16(14)18/h1-2,5,7,12-14,17H,3-4,6,8-11H2,(H,20,24)(H,21,22)/t14-,17+/m1/s1. The second-order valence-corrected chi connectivity index (χ2v) is 6.79. The first-order valence-corrected chi connectivity index (χ1v) is 9.08. The summed E-state index contributed by atoms with van der Waals surface area (Å²) in [5.41, 5.74) is 2.28. The van der Waals surface area contributed by atoms with Crippen LogP contribution in [0, 0.1) is 0 Å². The van der Waals surface area contributed by atoms with Crippen LogP contribution in [0.15, 0.2) is 36.7 Å². The van der Waals surface area contributed by atoms with E-state index >= 15 is 0 Å². The highest BCUT2D eigenvalue weighted by Gasteiger charge is 2.29. The van der Waals surface area contributed by atoms with Crippen LogP contribution in [0.1, 0.15) is 48.8 Å². The molecule has 0 spiro atoms. The number of benzene rings is 1. The zero-order valence-corrected chi connectivity index (χ0v) is 14.3. The van der Waals surface area contributed by atoms with E-state index in [9.17, 15) is 4.79 Å². The molecule has 4 rings (SSSR count).